The number of aromatic nitrogens is 5. The summed E-state index contributed by atoms with van der Waals surface area (Å²) in [6, 6.07) is 10.7. The van der Waals surface area contributed by atoms with Crippen LogP contribution < -0.4 is 16.0 Å². The van der Waals surface area contributed by atoms with Crippen LogP contribution in [0.15, 0.2) is 46.0 Å². The minimum absolute atomic E-state index is 0.176. The van der Waals surface area contributed by atoms with E-state index < -0.39 is 17.1 Å². The topological polar surface area (TPSA) is 102 Å². The molecule has 3 aromatic heterocycles. The van der Waals surface area contributed by atoms with E-state index >= 15 is 4.39 Å². The highest BCUT2D eigenvalue weighted by molar-refractivity contribution is 5.79. The first kappa shape index (κ1) is 30.2. The van der Waals surface area contributed by atoms with Crippen molar-refractivity contribution in [3.05, 3.63) is 74.3 Å². The summed E-state index contributed by atoms with van der Waals surface area (Å²) in [4.78, 5) is 37.4. The Bertz CT molecular complexity index is 1740. The van der Waals surface area contributed by atoms with Gasteiger partial charge in [0.2, 0.25) is 5.88 Å². The molecule has 1 aromatic carbocycles. The molecule has 1 aliphatic carbocycles. The zero-order valence-electron chi connectivity index (χ0n) is 25.6. The van der Waals surface area contributed by atoms with E-state index in [-0.39, 0.29) is 48.2 Å². The first-order valence-corrected chi connectivity index (χ1v) is 15.6. The Hall–Kier alpha value is -3.83. The third-order valence-electron chi connectivity index (χ3n) is 8.24. The van der Waals surface area contributed by atoms with Gasteiger partial charge in [-0.25, -0.2) is 19.2 Å². The molecule has 0 N–H and O–H groups in total. The maximum atomic E-state index is 15.1. The van der Waals surface area contributed by atoms with Crippen molar-refractivity contribution in [1.29, 1.82) is 0 Å². The molecule has 0 amide bonds. The van der Waals surface area contributed by atoms with Gasteiger partial charge in [-0.3, -0.25) is 13.9 Å². The molecule has 1 aliphatic heterocycles. The predicted octanol–water partition coefficient (Wildman–Crippen LogP) is 5.22. The average molecular weight is 606 g/mol. The number of hydrogen-bond acceptors (Lipinski definition) is 7. The molecule has 11 heteroatoms. The highest BCUT2D eigenvalue weighted by atomic mass is 19.1. The molecule has 234 valence electrons. The molecule has 44 heavy (non-hydrogen) atoms. The molecule has 10 nitrogen and oxygen atoms in total. The molecule has 2 aliphatic rings. The first-order valence-electron chi connectivity index (χ1n) is 15.6. The van der Waals surface area contributed by atoms with Crippen molar-refractivity contribution in [2.24, 2.45) is 5.92 Å². The van der Waals surface area contributed by atoms with Crippen molar-refractivity contribution in [2.45, 2.75) is 84.7 Å². The van der Waals surface area contributed by atoms with Gasteiger partial charge in [-0.15, -0.1) is 0 Å². The molecule has 0 radical (unpaired) electrons. The van der Waals surface area contributed by atoms with Gasteiger partial charge in [-0.05, 0) is 76.8 Å². The standard InChI is InChI=1S/C33H40FN5O5/c1-21(2)39-30-28(32(40)37(33(39)41)15-9-17-43-27-12-7-8-16-42-27)38(19-23-10-5-4-6-11-23)29(36-30)25-18-26(34)22(3)35-31(25)44-20-24-13-14-24/h4-6,10-11,18,21,24,27H,7-9,12-17,19-20H2,1-3H3. The molecule has 1 saturated carbocycles. The van der Waals surface area contributed by atoms with E-state index in [1.54, 1.807) is 11.5 Å². The van der Waals surface area contributed by atoms with E-state index in [0.29, 0.717) is 43.5 Å². The van der Waals surface area contributed by atoms with Crippen molar-refractivity contribution in [2.75, 3.05) is 19.8 Å². The van der Waals surface area contributed by atoms with Crippen LogP contribution in [0.5, 0.6) is 5.88 Å². The van der Waals surface area contributed by atoms with Crippen molar-refractivity contribution in [3.63, 3.8) is 0 Å². The summed E-state index contributed by atoms with van der Waals surface area (Å²) in [7, 11) is 0. The number of hydrogen-bond donors (Lipinski definition) is 0. The van der Waals surface area contributed by atoms with Crippen LogP contribution >= 0.6 is 0 Å². The largest absolute Gasteiger partial charge is 0.477 e. The Kier molecular flexibility index (Phi) is 8.95. The Morgan fingerprint density at radius 3 is 2.57 bits per heavy atom. The number of pyridine rings is 1. The molecule has 6 rings (SSSR count). The van der Waals surface area contributed by atoms with Crippen molar-refractivity contribution < 1.29 is 18.6 Å². The average Bonchev–Trinajstić information content (AvgIpc) is 3.78. The van der Waals surface area contributed by atoms with E-state index in [0.717, 1.165) is 37.7 Å². The molecule has 0 spiro atoms. The monoisotopic (exact) mass is 605 g/mol. The fraction of sp³-hybridized carbons (Fsp3) is 0.515. The smallest absolute Gasteiger partial charge is 0.332 e. The van der Waals surface area contributed by atoms with Crippen molar-refractivity contribution in [3.8, 4) is 17.3 Å². The van der Waals surface area contributed by atoms with Gasteiger partial charge >= 0.3 is 5.69 Å². The summed E-state index contributed by atoms with van der Waals surface area (Å²) < 4.78 is 37.3. The van der Waals surface area contributed by atoms with Gasteiger partial charge < -0.3 is 18.8 Å². The fourth-order valence-corrected chi connectivity index (χ4v) is 5.63. The van der Waals surface area contributed by atoms with Crippen LogP contribution in [0.3, 0.4) is 0 Å². The molecule has 1 atom stereocenters. The van der Waals surface area contributed by atoms with Crippen LogP contribution in [0.4, 0.5) is 4.39 Å². The van der Waals surface area contributed by atoms with Crippen LogP contribution in [0.2, 0.25) is 0 Å². The molecule has 0 bridgehead atoms. The van der Waals surface area contributed by atoms with Gasteiger partial charge in [0.1, 0.15) is 11.6 Å². The Morgan fingerprint density at radius 1 is 1.07 bits per heavy atom. The molecule has 1 unspecified atom stereocenters. The second-order valence-corrected chi connectivity index (χ2v) is 12.1. The van der Waals surface area contributed by atoms with E-state index in [1.807, 2.05) is 44.2 Å². The number of benzene rings is 1. The van der Waals surface area contributed by atoms with Crippen LogP contribution in [0, 0.1) is 18.7 Å². The quantitative estimate of drug-likeness (QED) is 0.204. The molecular weight excluding hydrogens is 565 g/mol. The Balaban J connectivity index is 1.48. The minimum Gasteiger partial charge on any atom is -0.477 e. The van der Waals surface area contributed by atoms with Crippen LogP contribution in [0.1, 0.15) is 69.7 Å². The van der Waals surface area contributed by atoms with Crippen molar-refractivity contribution >= 4 is 11.2 Å². The number of halogens is 1. The summed E-state index contributed by atoms with van der Waals surface area (Å²) in [5.74, 6) is 0.534. The van der Waals surface area contributed by atoms with Crippen LogP contribution in [0.25, 0.3) is 22.6 Å². The number of imidazole rings is 1. The molecule has 2 fully saturated rings. The second kappa shape index (κ2) is 13.0. The van der Waals surface area contributed by atoms with Gasteiger partial charge in [0.25, 0.3) is 5.56 Å². The molecule has 1 saturated heterocycles. The highest BCUT2D eigenvalue weighted by Gasteiger charge is 2.28. The lowest BCUT2D eigenvalue weighted by Crippen LogP contribution is -2.41. The Labute approximate surface area is 255 Å². The van der Waals surface area contributed by atoms with Gasteiger partial charge in [0.05, 0.1) is 24.5 Å². The van der Waals surface area contributed by atoms with Gasteiger partial charge in [-0.1, -0.05) is 30.3 Å². The maximum absolute atomic E-state index is 15.1. The lowest BCUT2D eigenvalue weighted by molar-refractivity contribution is -0.163. The first-order chi connectivity index (χ1) is 21.3. The van der Waals surface area contributed by atoms with E-state index in [1.165, 1.54) is 15.2 Å². The van der Waals surface area contributed by atoms with Crippen LogP contribution in [-0.4, -0.2) is 49.8 Å². The van der Waals surface area contributed by atoms with Gasteiger partial charge in [-0.2, -0.15) is 0 Å². The lowest BCUT2D eigenvalue weighted by atomic mass is 10.2. The number of fused-ring (bicyclic) bond motifs is 1. The summed E-state index contributed by atoms with van der Waals surface area (Å²) in [6.45, 7) is 7.32. The zero-order valence-corrected chi connectivity index (χ0v) is 25.6. The normalized spacial score (nSPS) is 17.1. The van der Waals surface area contributed by atoms with Gasteiger partial charge in [0, 0.05) is 25.7 Å². The SMILES string of the molecule is Cc1nc(OCC2CC2)c(-c2nc3c(c(=O)n(CCCOC4CCCCO4)c(=O)n3C(C)C)n2Cc2ccccc2)cc1F. The number of aryl methyl sites for hydroxylation is 1. The zero-order chi connectivity index (χ0) is 30.8. The Morgan fingerprint density at radius 2 is 1.86 bits per heavy atom. The maximum Gasteiger partial charge on any atom is 0.332 e. The summed E-state index contributed by atoms with van der Waals surface area (Å²) in [6.07, 6.45) is 5.31. The summed E-state index contributed by atoms with van der Waals surface area (Å²) in [5.41, 5.74) is 1.10. The van der Waals surface area contributed by atoms with E-state index in [9.17, 15) is 9.59 Å². The van der Waals surface area contributed by atoms with E-state index in [2.05, 4.69) is 4.98 Å². The van der Waals surface area contributed by atoms with Crippen LogP contribution in [-0.2, 0) is 22.6 Å². The number of ether oxygens (including phenoxy) is 3. The third kappa shape index (κ3) is 6.34. The van der Waals surface area contributed by atoms with Crippen molar-refractivity contribution in [1.82, 2.24) is 23.7 Å². The highest BCUT2D eigenvalue weighted by Crippen LogP contribution is 2.35. The third-order valence-corrected chi connectivity index (χ3v) is 8.24. The minimum atomic E-state index is -0.502. The molecule has 4 heterocycles. The molecule has 4 aromatic rings. The molecular formula is C33H40FN5O5. The van der Waals surface area contributed by atoms with Gasteiger partial charge in [0.15, 0.2) is 17.5 Å². The second-order valence-electron chi connectivity index (χ2n) is 12.1. The fourth-order valence-electron chi connectivity index (χ4n) is 5.63. The number of nitrogens with zero attached hydrogens (tertiary/aromatic N) is 5. The number of rotatable bonds is 12. The summed E-state index contributed by atoms with van der Waals surface area (Å²) >= 11 is 0. The van der Waals surface area contributed by atoms with E-state index in [4.69, 9.17) is 19.2 Å². The lowest BCUT2D eigenvalue weighted by Gasteiger charge is -2.22. The predicted molar refractivity (Wildman–Crippen MR) is 164 cm³/mol. The summed E-state index contributed by atoms with van der Waals surface area (Å²) in [5, 5.41) is 0.